The number of likely N-dealkylation sites (tertiary alicyclic amines) is 1. The zero-order chi connectivity index (χ0) is 28.8. The maximum atomic E-state index is 14.9. The zero-order valence-electron chi connectivity index (χ0n) is 23.4. The van der Waals surface area contributed by atoms with Gasteiger partial charge in [-0.15, -0.1) is 0 Å². The van der Waals surface area contributed by atoms with E-state index in [0.29, 0.717) is 26.1 Å². The van der Waals surface area contributed by atoms with Gasteiger partial charge in [-0.05, 0) is 73.8 Å². The number of carbonyl (C=O) groups excluding carboxylic acids is 2. The standard InChI is InChI=1S/C32H37F2N3O4/c1-19-16-35(29(32(40)41)14-20-5-6-21-3-2-4-23(21)13-20)11-12-37(19)31(39)27-18-36(30(38)22-7-8-22)17-26(27)25-10-9-24(33)15-28(25)34/h5-6,9-10,13,15,19,22,26-27,29H,2-4,7-8,11-12,14,16-18H2,1H3,(H,40,41)/t19-,26-,27+,29-/m0/s1. The van der Waals surface area contributed by atoms with E-state index in [-0.39, 0.29) is 42.4 Å². The summed E-state index contributed by atoms with van der Waals surface area (Å²) in [4.78, 5) is 44.6. The number of piperazine rings is 1. The molecule has 2 aromatic carbocycles. The molecule has 41 heavy (non-hydrogen) atoms. The van der Waals surface area contributed by atoms with E-state index in [2.05, 4.69) is 12.1 Å². The Bertz CT molecular complexity index is 1360. The highest BCUT2D eigenvalue weighted by Gasteiger charge is 2.47. The summed E-state index contributed by atoms with van der Waals surface area (Å²) in [5.41, 5.74) is 3.93. The SMILES string of the molecule is C[C@H]1CN([C@@H](Cc2ccc3c(c2)CCC3)C(=O)O)CCN1C(=O)[C@@H]1CN(C(=O)C2CC2)C[C@H]1c1ccc(F)cc1F. The van der Waals surface area contributed by atoms with E-state index in [4.69, 9.17) is 0 Å². The molecule has 0 spiro atoms. The predicted octanol–water partition coefficient (Wildman–Crippen LogP) is 3.63. The second-order valence-electron chi connectivity index (χ2n) is 12.3. The number of nitrogens with zero attached hydrogens (tertiary/aromatic N) is 3. The molecule has 2 aliphatic carbocycles. The molecular weight excluding hydrogens is 528 g/mol. The highest BCUT2D eigenvalue weighted by Crippen LogP contribution is 2.40. The van der Waals surface area contributed by atoms with Crippen molar-refractivity contribution >= 4 is 17.8 Å². The lowest BCUT2D eigenvalue weighted by Gasteiger charge is -2.43. The van der Waals surface area contributed by atoms with Crippen LogP contribution >= 0.6 is 0 Å². The van der Waals surface area contributed by atoms with E-state index in [0.717, 1.165) is 43.7 Å². The quantitative estimate of drug-likeness (QED) is 0.555. The topological polar surface area (TPSA) is 81.2 Å². The molecule has 1 saturated carbocycles. The maximum Gasteiger partial charge on any atom is 0.321 e. The summed E-state index contributed by atoms with van der Waals surface area (Å²) in [5, 5.41) is 10.1. The van der Waals surface area contributed by atoms with Gasteiger partial charge in [0.2, 0.25) is 11.8 Å². The highest BCUT2D eigenvalue weighted by molar-refractivity contribution is 5.85. The van der Waals surface area contributed by atoms with Crippen molar-refractivity contribution in [3.63, 3.8) is 0 Å². The van der Waals surface area contributed by atoms with Gasteiger partial charge in [-0.25, -0.2) is 8.78 Å². The molecule has 4 atom stereocenters. The molecule has 2 aliphatic heterocycles. The summed E-state index contributed by atoms with van der Waals surface area (Å²) in [6.45, 7) is 3.50. The zero-order valence-corrected chi connectivity index (χ0v) is 23.4. The Balaban J connectivity index is 1.17. The molecule has 3 fully saturated rings. The number of benzene rings is 2. The van der Waals surface area contributed by atoms with Crippen LogP contribution in [0.5, 0.6) is 0 Å². The van der Waals surface area contributed by atoms with Crippen molar-refractivity contribution in [3.8, 4) is 0 Å². The first-order valence-corrected chi connectivity index (χ1v) is 14.8. The average Bonchev–Trinajstić information content (AvgIpc) is 3.53. The van der Waals surface area contributed by atoms with Gasteiger partial charge in [0.25, 0.3) is 0 Å². The van der Waals surface area contributed by atoms with E-state index < -0.39 is 35.5 Å². The molecule has 2 saturated heterocycles. The Kier molecular flexibility index (Phi) is 7.57. The van der Waals surface area contributed by atoms with Crippen LogP contribution in [-0.2, 0) is 33.6 Å². The number of aryl methyl sites for hydroxylation is 2. The first-order valence-electron chi connectivity index (χ1n) is 14.8. The molecule has 2 amide bonds. The number of fused-ring (bicyclic) bond motifs is 1. The molecule has 1 N–H and O–H groups in total. The molecular formula is C32H37F2N3O4. The van der Waals surface area contributed by atoms with Crippen LogP contribution in [0.3, 0.4) is 0 Å². The Morgan fingerprint density at radius 3 is 2.44 bits per heavy atom. The van der Waals surface area contributed by atoms with Gasteiger partial charge >= 0.3 is 5.97 Å². The third kappa shape index (κ3) is 5.61. The normalized spacial score (nSPS) is 25.3. The Morgan fingerprint density at radius 2 is 1.73 bits per heavy atom. The number of aliphatic carboxylic acids is 1. The first kappa shape index (κ1) is 27.8. The van der Waals surface area contributed by atoms with Crippen LogP contribution in [0.1, 0.15) is 54.4 Å². The third-order valence-electron chi connectivity index (χ3n) is 9.50. The lowest BCUT2D eigenvalue weighted by Crippen LogP contribution is -2.59. The van der Waals surface area contributed by atoms with Crippen molar-refractivity contribution in [2.24, 2.45) is 11.8 Å². The minimum Gasteiger partial charge on any atom is -0.480 e. The molecule has 0 aromatic heterocycles. The molecule has 0 unspecified atom stereocenters. The summed E-state index contributed by atoms with van der Waals surface area (Å²) >= 11 is 0. The van der Waals surface area contributed by atoms with E-state index >= 15 is 0 Å². The van der Waals surface area contributed by atoms with E-state index in [1.807, 2.05) is 17.9 Å². The largest absolute Gasteiger partial charge is 0.480 e. The first-order chi connectivity index (χ1) is 19.7. The van der Waals surface area contributed by atoms with E-state index in [1.165, 1.54) is 23.3 Å². The molecule has 6 rings (SSSR count). The Hall–Kier alpha value is -3.33. The van der Waals surface area contributed by atoms with Crippen LogP contribution in [0.2, 0.25) is 0 Å². The number of amides is 2. The second-order valence-corrected chi connectivity index (χ2v) is 12.3. The van der Waals surface area contributed by atoms with Gasteiger partial charge in [0.05, 0.1) is 5.92 Å². The maximum absolute atomic E-state index is 14.9. The van der Waals surface area contributed by atoms with Gasteiger partial charge in [-0.2, -0.15) is 0 Å². The predicted molar refractivity (Wildman–Crippen MR) is 148 cm³/mol. The fraction of sp³-hybridized carbons (Fsp3) is 0.531. The molecule has 2 aromatic rings. The Labute approximate surface area is 239 Å². The van der Waals surface area contributed by atoms with Gasteiger partial charge in [0.15, 0.2) is 0 Å². The number of rotatable bonds is 7. The van der Waals surface area contributed by atoms with Crippen LogP contribution in [0.15, 0.2) is 36.4 Å². The number of hydrogen-bond acceptors (Lipinski definition) is 4. The van der Waals surface area contributed by atoms with Crippen molar-refractivity contribution in [1.82, 2.24) is 14.7 Å². The molecule has 7 nitrogen and oxygen atoms in total. The van der Waals surface area contributed by atoms with Crippen molar-refractivity contribution in [2.75, 3.05) is 32.7 Å². The fourth-order valence-electron chi connectivity index (χ4n) is 7.10. The van der Waals surface area contributed by atoms with Gasteiger partial charge in [-0.1, -0.05) is 24.3 Å². The van der Waals surface area contributed by atoms with E-state index in [9.17, 15) is 28.3 Å². The van der Waals surface area contributed by atoms with Gasteiger partial charge in [0.1, 0.15) is 17.7 Å². The molecule has 0 radical (unpaired) electrons. The van der Waals surface area contributed by atoms with Crippen LogP contribution in [0.25, 0.3) is 0 Å². The third-order valence-corrected chi connectivity index (χ3v) is 9.50. The van der Waals surface area contributed by atoms with Gasteiger partial charge < -0.3 is 14.9 Å². The fourth-order valence-corrected chi connectivity index (χ4v) is 7.10. The lowest BCUT2D eigenvalue weighted by atomic mass is 9.87. The summed E-state index contributed by atoms with van der Waals surface area (Å²) in [7, 11) is 0. The van der Waals surface area contributed by atoms with Crippen LogP contribution in [0, 0.1) is 23.5 Å². The summed E-state index contributed by atoms with van der Waals surface area (Å²) in [6.07, 6.45) is 5.31. The summed E-state index contributed by atoms with van der Waals surface area (Å²) < 4.78 is 28.6. The number of halogens is 2. The minimum atomic E-state index is -0.880. The summed E-state index contributed by atoms with van der Waals surface area (Å²) in [6, 6.07) is 8.75. The molecule has 0 bridgehead atoms. The van der Waals surface area contributed by atoms with Crippen molar-refractivity contribution in [2.45, 2.75) is 63.5 Å². The summed E-state index contributed by atoms with van der Waals surface area (Å²) in [5.74, 6) is -3.67. The van der Waals surface area contributed by atoms with Crippen LogP contribution in [0.4, 0.5) is 8.78 Å². The molecule has 2 heterocycles. The monoisotopic (exact) mass is 565 g/mol. The molecule has 218 valence electrons. The average molecular weight is 566 g/mol. The Morgan fingerprint density at radius 1 is 0.951 bits per heavy atom. The van der Waals surface area contributed by atoms with Crippen molar-refractivity contribution in [3.05, 3.63) is 70.3 Å². The van der Waals surface area contributed by atoms with Crippen LogP contribution < -0.4 is 0 Å². The van der Waals surface area contributed by atoms with Crippen molar-refractivity contribution < 1.29 is 28.3 Å². The smallest absolute Gasteiger partial charge is 0.321 e. The number of carboxylic acids is 1. The highest BCUT2D eigenvalue weighted by atomic mass is 19.1. The van der Waals surface area contributed by atoms with Crippen LogP contribution in [-0.4, -0.2) is 82.4 Å². The second kappa shape index (κ2) is 11.2. The minimum absolute atomic E-state index is 0.00143. The molecule has 4 aliphatic rings. The van der Waals surface area contributed by atoms with Crippen molar-refractivity contribution in [1.29, 1.82) is 0 Å². The van der Waals surface area contributed by atoms with Gasteiger partial charge in [0, 0.05) is 56.7 Å². The van der Waals surface area contributed by atoms with E-state index in [1.54, 1.807) is 9.80 Å². The van der Waals surface area contributed by atoms with Gasteiger partial charge in [-0.3, -0.25) is 19.3 Å². The number of hydrogen-bond donors (Lipinski definition) is 1. The lowest BCUT2D eigenvalue weighted by molar-refractivity contribution is -0.147. The number of carbonyl (C=O) groups is 3. The molecule has 9 heteroatoms. The number of carboxylic acid groups (broad SMARTS) is 1.